The fraction of sp³-hybridized carbons (Fsp3) is 0.346. The Morgan fingerprint density at radius 2 is 1.86 bits per heavy atom. The van der Waals surface area contributed by atoms with Crippen LogP contribution in [0.1, 0.15) is 50.7 Å². The van der Waals surface area contributed by atoms with E-state index in [0.717, 1.165) is 32.9 Å². The summed E-state index contributed by atoms with van der Waals surface area (Å²) < 4.78 is 36.7. The molecule has 0 N–H and O–H groups in total. The van der Waals surface area contributed by atoms with Crippen LogP contribution in [0.5, 0.6) is 5.75 Å². The van der Waals surface area contributed by atoms with Gasteiger partial charge in [0.05, 0.1) is 37.9 Å². The second-order valence-electron chi connectivity index (χ2n) is 10.0. The molecule has 2 aliphatic rings. The van der Waals surface area contributed by atoms with Crippen LogP contribution in [0.3, 0.4) is 0 Å². The van der Waals surface area contributed by atoms with Crippen molar-refractivity contribution in [2.75, 3.05) is 0 Å². The summed E-state index contributed by atoms with van der Waals surface area (Å²) in [6.07, 6.45) is 2.20. The number of hydrogen-bond acceptors (Lipinski definition) is 5. The van der Waals surface area contributed by atoms with Crippen molar-refractivity contribution in [3.8, 4) is 17.0 Å². The van der Waals surface area contributed by atoms with Gasteiger partial charge in [0.15, 0.2) is 0 Å². The molecule has 9 heteroatoms. The van der Waals surface area contributed by atoms with E-state index >= 15 is 4.39 Å². The van der Waals surface area contributed by atoms with E-state index in [1.165, 1.54) is 6.07 Å². The second kappa shape index (κ2) is 7.81. The monoisotopic (exact) mass is 510 g/mol. The summed E-state index contributed by atoms with van der Waals surface area (Å²) in [5, 5.41) is 2.57. The van der Waals surface area contributed by atoms with Gasteiger partial charge in [-0.15, -0.1) is 11.3 Å². The number of aryl methyl sites for hydroxylation is 1. The van der Waals surface area contributed by atoms with Crippen molar-refractivity contribution in [1.82, 2.24) is 9.55 Å². The summed E-state index contributed by atoms with van der Waals surface area (Å²) in [4.78, 5) is 5.48. The molecular formula is C26H25BClFN2O3S. The minimum Gasteiger partial charge on any atom is -0.464 e. The maximum atomic E-state index is 15.8. The Kier molecular flexibility index (Phi) is 5.14. The van der Waals surface area contributed by atoms with Crippen LogP contribution < -0.4 is 10.2 Å². The first-order chi connectivity index (χ1) is 16.6. The van der Waals surface area contributed by atoms with Crippen LogP contribution >= 0.6 is 22.9 Å². The fourth-order valence-corrected chi connectivity index (χ4v) is 5.73. The summed E-state index contributed by atoms with van der Waals surface area (Å²) >= 11 is 7.88. The topological polar surface area (TPSA) is 45.5 Å². The van der Waals surface area contributed by atoms with E-state index in [2.05, 4.69) is 11.9 Å². The highest BCUT2D eigenvalue weighted by molar-refractivity contribution is 7.11. The molecule has 2 aliphatic heterocycles. The first-order valence-electron chi connectivity index (χ1n) is 11.7. The molecule has 35 heavy (non-hydrogen) atoms. The first-order valence-corrected chi connectivity index (χ1v) is 12.9. The van der Waals surface area contributed by atoms with Gasteiger partial charge in [-0.25, -0.2) is 9.37 Å². The van der Waals surface area contributed by atoms with Gasteiger partial charge in [-0.05, 0) is 76.0 Å². The summed E-state index contributed by atoms with van der Waals surface area (Å²) in [6, 6.07) is 11.0. The summed E-state index contributed by atoms with van der Waals surface area (Å²) in [7, 11) is -0.691. The van der Waals surface area contributed by atoms with Crippen LogP contribution in [0.15, 0.2) is 42.6 Å². The molecule has 1 atom stereocenters. The molecule has 0 aliphatic carbocycles. The fourth-order valence-electron chi connectivity index (χ4n) is 4.67. The molecule has 180 valence electrons. The predicted molar refractivity (Wildman–Crippen MR) is 138 cm³/mol. The number of ether oxygens (including phenoxy) is 1. The Labute approximate surface area is 212 Å². The van der Waals surface area contributed by atoms with Gasteiger partial charge < -0.3 is 14.0 Å². The van der Waals surface area contributed by atoms with Crippen molar-refractivity contribution in [3.05, 3.63) is 63.3 Å². The van der Waals surface area contributed by atoms with Crippen LogP contribution in [0.25, 0.3) is 22.2 Å². The van der Waals surface area contributed by atoms with Crippen molar-refractivity contribution < 1.29 is 18.4 Å². The third-order valence-corrected chi connectivity index (χ3v) is 8.66. The van der Waals surface area contributed by atoms with Gasteiger partial charge >= 0.3 is 7.12 Å². The number of fused-ring (bicyclic) bond motifs is 5. The van der Waals surface area contributed by atoms with Crippen LogP contribution in [-0.2, 0) is 15.7 Å². The largest absolute Gasteiger partial charge is 0.495 e. The van der Waals surface area contributed by atoms with Crippen LogP contribution in [0.4, 0.5) is 4.39 Å². The van der Waals surface area contributed by atoms with Gasteiger partial charge in [-0.3, -0.25) is 4.57 Å². The summed E-state index contributed by atoms with van der Waals surface area (Å²) in [5.41, 5.74) is 1.59. The third-order valence-electron chi connectivity index (χ3n) is 7.25. The zero-order chi connectivity index (χ0) is 24.7. The number of rotatable bonds is 3. The highest BCUT2D eigenvalue weighted by atomic mass is 35.5. The summed E-state index contributed by atoms with van der Waals surface area (Å²) in [5.74, 6) is 0.0620. The lowest BCUT2D eigenvalue weighted by Gasteiger charge is -2.32. The standard InChI is InChI=1S/C26H25BClFN2O3S/c1-6-22-30-13-21(35-22)24-31-18-8-7-16(28)9-14(18)10-19(31)23-17(29)11-15(12-20(23)32-24)27-33-25(2,3)26(4,5)34-27/h7-13,24H,6H2,1-5H3. The second-order valence-corrected chi connectivity index (χ2v) is 11.6. The molecule has 4 aromatic rings. The normalized spacial score (nSPS) is 20.1. The molecule has 0 radical (unpaired) electrons. The zero-order valence-corrected chi connectivity index (χ0v) is 21.8. The molecule has 1 saturated heterocycles. The molecule has 2 aromatic heterocycles. The molecular weight excluding hydrogens is 486 g/mol. The van der Waals surface area contributed by atoms with Crippen LogP contribution in [0.2, 0.25) is 5.02 Å². The van der Waals surface area contributed by atoms with E-state index in [1.54, 1.807) is 11.3 Å². The van der Waals surface area contributed by atoms with Gasteiger partial charge in [0.2, 0.25) is 6.23 Å². The zero-order valence-electron chi connectivity index (χ0n) is 20.2. The molecule has 0 bridgehead atoms. The van der Waals surface area contributed by atoms with Crippen molar-refractivity contribution in [3.63, 3.8) is 0 Å². The van der Waals surface area contributed by atoms with Gasteiger partial charge in [0.25, 0.3) is 0 Å². The van der Waals surface area contributed by atoms with Gasteiger partial charge in [-0.2, -0.15) is 0 Å². The first kappa shape index (κ1) is 23.0. The minimum absolute atomic E-state index is 0.389. The lowest BCUT2D eigenvalue weighted by molar-refractivity contribution is 0.00578. The average molecular weight is 511 g/mol. The van der Waals surface area contributed by atoms with Crippen LogP contribution in [-0.4, -0.2) is 27.9 Å². The molecule has 0 amide bonds. The minimum atomic E-state index is -0.691. The maximum absolute atomic E-state index is 15.8. The Morgan fingerprint density at radius 1 is 1.11 bits per heavy atom. The number of halogens is 2. The quantitative estimate of drug-likeness (QED) is 0.301. The lowest BCUT2D eigenvalue weighted by Crippen LogP contribution is -2.41. The third kappa shape index (κ3) is 3.53. The molecule has 1 unspecified atom stereocenters. The predicted octanol–water partition coefficient (Wildman–Crippen LogP) is 6.36. The summed E-state index contributed by atoms with van der Waals surface area (Å²) in [6.45, 7) is 9.99. The molecule has 1 fully saturated rings. The molecule has 6 rings (SSSR count). The number of hydrogen-bond donors (Lipinski definition) is 0. The molecule has 4 heterocycles. The molecule has 0 spiro atoms. The maximum Gasteiger partial charge on any atom is 0.495 e. The van der Waals surface area contributed by atoms with E-state index in [1.807, 2.05) is 68.8 Å². The van der Waals surface area contributed by atoms with Gasteiger partial charge in [-0.1, -0.05) is 18.5 Å². The number of thiazole rings is 1. The smallest absolute Gasteiger partial charge is 0.464 e. The van der Waals surface area contributed by atoms with Crippen LogP contribution in [0, 0.1) is 5.82 Å². The highest BCUT2D eigenvalue weighted by Gasteiger charge is 2.52. The Morgan fingerprint density at radius 3 is 2.54 bits per heavy atom. The van der Waals surface area contributed by atoms with E-state index in [-0.39, 0.29) is 5.82 Å². The van der Waals surface area contributed by atoms with E-state index in [9.17, 15) is 0 Å². The van der Waals surface area contributed by atoms with Crippen molar-refractivity contribution >= 4 is 46.4 Å². The number of aromatic nitrogens is 2. The molecule has 5 nitrogen and oxygen atoms in total. The highest BCUT2D eigenvalue weighted by Crippen LogP contribution is 2.46. The van der Waals surface area contributed by atoms with E-state index in [0.29, 0.717) is 21.8 Å². The Balaban J connectivity index is 1.53. The van der Waals surface area contributed by atoms with Gasteiger partial charge in [0.1, 0.15) is 11.6 Å². The molecule has 0 saturated carbocycles. The lowest BCUT2D eigenvalue weighted by atomic mass is 9.78. The Bertz CT molecular complexity index is 1470. The number of nitrogens with zero attached hydrogens (tertiary/aromatic N) is 2. The van der Waals surface area contributed by atoms with Crippen molar-refractivity contribution in [1.29, 1.82) is 0 Å². The van der Waals surface area contributed by atoms with E-state index < -0.39 is 24.5 Å². The van der Waals surface area contributed by atoms with Crippen molar-refractivity contribution in [2.24, 2.45) is 0 Å². The Hall–Kier alpha value is -2.39. The van der Waals surface area contributed by atoms with Gasteiger partial charge in [0, 0.05) is 16.6 Å². The average Bonchev–Trinajstić information content (AvgIpc) is 3.46. The van der Waals surface area contributed by atoms with E-state index in [4.69, 9.17) is 25.6 Å². The SMILES string of the molecule is CCc1ncc(C2Oc3cc(B4OC(C)(C)C(C)(C)O4)cc(F)c3-c3cc4cc(Cl)ccc4n32)s1. The molecule has 2 aromatic carbocycles. The number of benzene rings is 2. The van der Waals surface area contributed by atoms with Crippen molar-refractivity contribution in [2.45, 2.75) is 58.5 Å².